The summed E-state index contributed by atoms with van der Waals surface area (Å²) >= 11 is 0. The lowest BCUT2D eigenvalue weighted by atomic mass is 10.2. The van der Waals surface area contributed by atoms with Crippen LogP contribution in [0, 0.1) is 0 Å². The molecule has 2 rings (SSSR count). The Bertz CT molecular complexity index is 625. The zero-order valence-corrected chi connectivity index (χ0v) is 10.0. The van der Waals surface area contributed by atoms with Crippen LogP contribution in [0.3, 0.4) is 0 Å². The van der Waals surface area contributed by atoms with E-state index in [0.29, 0.717) is 6.61 Å². The van der Waals surface area contributed by atoms with E-state index in [2.05, 4.69) is 15.0 Å². The summed E-state index contributed by atoms with van der Waals surface area (Å²) in [4.78, 5) is 41.4. The third-order valence-electron chi connectivity index (χ3n) is 2.36. The van der Waals surface area contributed by atoms with Crippen molar-refractivity contribution in [3.63, 3.8) is 0 Å². The molecule has 0 aromatic heterocycles. The highest BCUT2D eigenvalue weighted by Gasteiger charge is 2.24. The molecular weight excluding hydrogens is 266 g/mol. The molecule has 100 valence electrons. The molecule has 1 fully saturated rings. The number of benzene rings is 1. The highest BCUT2D eigenvalue weighted by Crippen LogP contribution is 2.41. The molecule has 0 aliphatic carbocycles. The van der Waals surface area contributed by atoms with Crippen molar-refractivity contribution in [3.8, 4) is 5.75 Å². The molecule has 8 heteroatoms. The van der Waals surface area contributed by atoms with E-state index in [1.54, 1.807) is 0 Å². The van der Waals surface area contributed by atoms with Crippen LogP contribution in [0.5, 0.6) is 5.75 Å². The minimum atomic E-state index is -0.0382. The lowest BCUT2D eigenvalue weighted by molar-refractivity contribution is 0.264. The van der Waals surface area contributed by atoms with Gasteiger partial charge >= 0.3 is 0 Å². The average molecular weight is 273 g/mol. The number of epoxide rings is 1. The summed E-state index contributed by atoms with van der Waals surface area (Å²) in [5, 5.41) is 0. The minimum absolute atomic E-state index is 0.0382. The first-order valence-electron chi connectivity index (χ1n) is 5.44. The quantitative estimate of drug-likeness (QED) is 0.441. The Balaban J connectivity index is 2.48. The molecule has 1 aliphatic rings. The van der Waals surface area contributed by atoms with Crippen LogP contribution in [0.15, 0.2) is 27.1 Å². The zero-order valence-electron chi connectivity index (χ0n) is 10.0. The van der Waals surface area contributed by atoms with Crippen LogP contribution in [0.2, 0.25) is 0 Å². The molecule has 1 atom stereocenters. The van der Waals surface area contributed by atoms with E-state index in [0.717, 1.165) is 0 Å². The predicted octanol–water partition coefficient (Wildman–Crippen LogP) is 1.37. The second-order valence-electron chi connectivity index (χ2n) is 3.69. The summed E-state index contributed by atoms with van der Waals surface area (Å²) in [5.74, 6) is 0.0945. The fourth-order valence-corrected chi connectivity index (χ4v) is 1.45. The first-order valence-corrected chi connectivity index (χ1v) is 5.44. The van der Waals surface area contributed by atoms with Gasteiger partial charge < -0.3 is 9.47 Å². The monoisotopic (exact) mass is 273 g/mol. The number of nitrogens with zero attached hydrogens (tertiary/aromatic N) is 3. The van der Waals surface area contributed by atoms with Gasteiger partial charge in [0, 0.05) is 0 Å². The maximum absolute atomic E-state index is 10.4. The van der Waals surface area contributed by atoms with Crippen molar-refractivity contribution in [1.82, 2.24) is 0 Å². The highest BCUT2D eigenvalue weighted by atomic mass is 16.6. The van der Waals surface area contributed by atoms with Crippen LogP contribution in [-0.4, -0.2) is 37.6 Å². The third kappa shape index (κ3) is 3.32. The molecule has 0 saturated carbocycles. The van der Waals surface area contributed by atoms with Crippen molar-refractivity contribution >= 4 is 35.3 Å². The smallest absolute Gasteiger partial charge is 0.240 e. The van der Waals surface area contributed by atoms with E-state index in [-0.39, 0.29) is 35.5 Å². The molecule has 1 aromatic carbocycles. The van der Waals surface area contributed by atoms with Crippen LogP contribution < -0.4 is 4.74 Å². The summed E-state index contributed by atoms with van der Waals surface area (Å²) in [7, 11) is 0. The van der Waals surface area contributed by atoms with Crippen LogP contribution in [0.1, 0.15) is 0 Å². The van der Waals surface area contributed by atoms with E-state index >= 15 is 0 Å². The fraction of sp³-hybridized carbons (Fsp3) is 0.250. The van der Waals surface area contributed by atoms with Crippen molar-refractivity contribution < 1.29 is 23.9 Å². The lowest BCUT2D eigenvalue weighted by Crippen LogP contribution is -2.04. The Kier molecular flexibility index (Phi) is 4.29. The molecule has 1 aromatic rings. The predicted molar refractivity (Wildman–Crippen MR) is 65.0 cm³/mol. The van der Waals surface area contributed by atoms with Gasteiger partial charge in [0.05, 0.1) is 12.3 Å². The van der Waals surface area contributed by atoms with Gasteiger partial charge in [-0.2, -0.15) is 15.0 Å². The molecule has 0 radical (unpaired) electrons. The molecule has 1 aliphatic heterocycles. The molecule has 0 spiro atoms. The second kappa shape index (κ2) is 6.33. The van der Waals surface area contributed by atoms with Crippen molar-refractivity contribution in [2.75, 3.05) is 13.2 Å². The SMILES string of the molecule is O=C=Nc1cc(N=C=O)c(OCC2CO2)c(N=C=O)c1. The molecule has 8 nitrogen and oxygen atoms in total. The Morgan fingerprint density at radius 2 is 1.65 bits per heavy atom. The van der Waals surface area contributed by atoms with Crippen molar-refractivity contribution in [2.45, 2.75) is 6.10 Å². The second-order valence-corrected chi connectivity index (χ2v) is 3.69. The Morgan fingerprint density at radius 1 is 1.10 bits per heavy atom. The van der Waals surface area contributed by atoms with Crippen molar-refractivity contribution in [2.24, 2.45) is 15.0 Å². The van der Waals surface area contributed by atoms with Crippen molar-refractivity contribution in [1.29, 1.82) is 0 Å². The van der Waals surface area contributed by atoms with Gasteiger partial charge in [0.2, 0.25) is 18.2 Å². The van der Waals surface area contributed by atoms with E-state index in [1.807, 2.05) is 0 Å². The third-order valence-corrected chi connectivity index (χ3v) is 2.36. The molecular formula is C12H7N3O5. The van der Waals surface area contributed by atoms with E-state index in [1.165, 1.54) is 30.4 Å². The van der Waals surface area contributed by atoms with Crippen LogP contribution in [0.25, 0.3) is 0 Å². The normalized spacial score (nSPS) is 15.3. The van der Waals surface area contributed by atoms with Gasteiger partial charge in [-0.3, -0.25) is 0 Å². The molecule has 0 amide bonds. The van der Waals surface area contributed by atoms with Gasteiger partial charge in [0.25, 0.3) is 0 Å². The van der Waals surface area contributed by atoms with Gasteiger partial charge in [-0.05, 0) is 12.1 Å². The Morgan fingerprint density at radius 3 is 2.10 bits per heavy atom. The first-order chi connectivity index (χ1) is 9.78. The van der Waals surface area contributed by atoms with Gasteiger partial charge in [-0.25, -0.2) is 14.4 Å². The minimum Gasteiger partial charge on any atom is -0.486 e. The maximum atomic E-state index is 10.4. The number of aliphatic imine (C=N–C) groups is 3. The molecule has 1 heterocycles. The molecule has 0 N–H and O–H groups in total. The lowest BCUT2D eigenvalue weighted by Gasteiger charge is -2.09. The topological polar surface area (TPSA) is 110 Å². The van der Waals surface area contributed by atoms with Crippen LogP contribution in [0.4, 0.5) is 17.1 Å². The molecule has 1 unspecified atom stereocenters. The van der Waals surface area contributed by atoms with E-state index in [4.69, 9.17) is 9.47 Å². The number of carbonyl (C=O) groups excluding carboxylic acids is 3. The Labute approximate surface area is 112 Å². The largest absolute Gasteiger partial charge is 0.486 e. The maximum Gasteiger partial charge on any atom is 0.240 e. The summed E-state index contributed by atoms with van der Waals surface area (Å²) in [6.07, 6.45) is 4.00. The Hall–Kier alpha value is -2.88. The summed E-state index contributed by atoms with van der Waals surface area (Å²) in [5.41, 5.74) is 0.218. The molecule has 20 heavy (non-hydrogen) atoms. The van der Waals surface area contributed by atoms with E-state index < -0.39 is 0 Å². The fourth-order valence-electron chi connectivity index (χ4n) is 1.45. The summed E-state index contributed by atoms with van der Waals surface area (Å²) in [6.45, 7) is 0.797. The number of rotatable bonds is 6. The zero-order chi connectivity index (χ0) is 14.4. The highest BCUT2D eigenvalue weighted by molar-refractivity contribution is 5.76. The van der Waals surface area contributed by atoms with Gasteiger partial charge in [0.15, 0.2) is 5.75 Å². The van der Waals surface area contributed by atoms with Crippen LogP contribution >= 0.6 is 0 Å². The van der Waals surface area contributed by atoms with Crippen molar-refractivity contribution in [3.05, 3.63) is 12.1 Å². The van der Waals surface area contributed by atoms with Gasteiger partial charge in [0.1, 0.15) is 24.1 Å². The number of hydrogen-bond acceptors (Lipinski definition) is 8. The number of hydrogen-bond donors (Lipinski definition) is 0. The standard InChI is InChI=1S/C12H7N3O5/c16-5-13-8-1-10(14-6-17)12(11(2-8)15-7-18)20-4-9-3-19-9/h1-2,9H,3-4H2. The molecule has 0 bridgehead atoms. The summed E-state index contributed by atoms with van der Waals surface area (Å²) < 4.78 is 10.4. The first kappa shape index (κ1) is 13.5. The average Bonchev–Trinajstić information content (AvgIpc) is 3.23. The van der Waals surface area contributed by atoms with E-state index in [9.17, 15) is 14.4 Å². The van der Waals surface area contributed by atoms with Crippen LogP contribution in [-0.2, 0) is 19.1 Å². The molecule has 1 saturated heterocycles. The number of ether oxygens (including phenoxy) is 2. The number of isocyanates is 3. The van der Waals surface area contributed by atoms with Gasteiger partial charge in [-0.1, -0.05) is 0 Å². The van der Waals surface area contributed by atoms with Gasteiger partial charge in [-0.15, -0.1) is 0 Å². The summed E-state index contributed by atoms with van der Waals surface area (Å²) in [6, 6.07) is 2.62.